The van der Waals surface area contributed by atoms with Gasteiger partial charge in [-0.15, -0.1) is 0 Å². The van der Waals surface area contributed by atoms with Crippen LogP contribution in [0.5, 0.6) is 0 Å². The van der Waals surface area contributed by atoms with E-state index in [2.05, 4.69) is 21.4 Å². The highest BCUT2D eigenvalue weighted by Gasteiger charge is 2.35. The van der Waals surface area contributed by atoms with E-state index in [-0.39, 0.29) is 0 Å². The van der Waals surface area contributed by atoms with E-state index in [9.17, 15) is 4.79 Å². The number of imidazole rings is 1. The quantitative estimate of drug-likeness (QED) is 0.838. The van der Waals surface area contributed by atoms with Crippen LogP contribution in [0.3, 0.4) is 0 Å². The Labute approximate surface area is 132 Å². The maximum Gasteiger partial charge on any atom is 0.225 e. The Hall–Kier alpha value is -1.32. The van der Waals surface area contributed by atoms with Gasteiger partial charge in [-0.05, 0) is 57.8 Å². The molecule has 0 radical (unpaired) electrons. The minimum Gasteiger partial charge on any atom is -0.342 e. The first kappa shape index (κ1) is 14.3. The van der Waals surface area contributed by atoms with Crippen molar-refractivity contribution in [2.75, 3.05) is 13.1 Å². The summed E-state index contributed by atoms with van der Waals surface area (Å²) >= 11 is 0. The molecule has 0 bridgehead atoms. The summed E-state index contributed by atoms with van der Waals surface area (Å²) in [6.45, 7) is 5.26. The molecule has 2 aliphatic carbocycles. The van der Waals surface area contributed by atoms with Crippen LogP contribution in [0.1, 0.15) is 62.4 Å². The first-order chi connectivity index (χ1) is 10.7. The van der Waals surface area contributed by atoms with Gasteiger partial charge in [0.05, 0.1) is 0 Å². The standard InChI is InChI=1S/C18H27N3O/c1-13-12-19-17(15-2-3-15)21(13)11-8-14-6-9-20(10-7-14)18(22)16-4-5-16/h12,14-16H,2-11H2,1H3. The van der Waals surface area contributed by atoms with E-state index >= 15 is 0 Å². The largest absolute Gasteiger partial charge is 0.342 e. The fraction of sp³-hybridized carbons (Fsp3) is 0.778. The lowest BCUT2D eigenvalue weighted by atomic mass is 9.93. The number of amides is 1. The minimum atomic E-state index is 0.381. The van der Waals surface area contributed by atoms with Crippen molar-refractivity contribution in [1.82, 2.24) is 14.5 Å². The number of aromatic nitrogens is 2. The monoisotopic (exact) mass is 301 g/mol. The van der Waals surface area contributed by atoms with Gasteiger partial charge in [0.2, 0.25) is 5.91 Å². The van der Waals surface area contributed by atoms with E-state index in [1.807, 2.05) is 6.20 Å². The fourth-order valence-corrected chi connectivity index (χ4v) is 3.78. The predicted octanol–water partition coefficient (Wildman–Crippen LogP) is 3.11. The van der Waals surface area contributed by atoms with Gasteiger partial charge >= 0.3 is 0 Å². The first-order valence-electron chi connectivity index (χ1n) is 9.03. The normalized spacial score (nSPS) is 23.0. The van der Waals surface area contributed by atoms with Crippen molar-refractivity contribution in [3.63, 3.8) is 0 Å². The Morgan fingerprint density at radius 2 is 1.91 bits per heavy atom. The van der Waals surface area contributed by atoms with Crippen LogP contribution in [-0.4, -0.2) is 33.4 Å². The second kappa shape index (κ2) is 5.71. The number of carbonyl (C=O) groups excluding carboxylic acids is 1. The van der Waals surface area contributed by atoms with Gasteiger partial charge < -0.3 is 9.47 Å². The molecule has 22 heavy (non-hydrogen) atoms. The van der Waals surface area contributed by atoms with E-state index in [0.717, 1.165) is 44.3 Å². The zero-order valence-corrected chi connectivity index (χ0v) is 13.6. The SMILES string of the molecule is Cc1cnc(C2CC2)n1CCC1CCN(C(=O)C2CC2)CC1. The maximum atomic E-state index is 12.1. The third-order valence-electron chi connectivity index (χ3n) is 5.64. The van der Waals surface area contributed by atoms with Gasteiger partial charge in [-0.2, -0.15) is 0 Å². The van der Waals surface area contributed by atoms with E-state index < -0.39 is 0 Å². The molecule has 0 N–H and O–H groups in total. The smallest absolute Gasteiger partial charge is 0.225 e. The van der Waals surface area contributed by atoms with Gasteiger partial charge in [0.15, 0.2) is 0 Å². The number of piperidine rings is 1. The van der Waals surface area contributed by atoms with Crippen molar-refractivity contribution in [2.45, 2.75) is 64.3 Å². The zero-order valence-electron chi connectivity index (χ0n) is 13.6. The van der Waals surface area contributed by atoms with Crippen LogP contribution in [0, 0.1) is 18.8 Å². The summed E-state index contributed by atoms with van der Waals surface area (Å²) in [5.41, 5.74) is 1.31. The maximum absolute atomic E-state index is 12.1. The molecule has 0 aromatic carbocycles. The Morgan fingerprint density at radius 1 is 1.18 bits per heavy atom. The molecule has 1 aromatic heterocycles. The number of likely N-dealkylation sites (tertiary alicyclic amines) is 1. The molecule has 1 aromatic rings. The molecule has 1 amide bonds. The highest BCUT2D eigenvalue weighted by molar-refractivity contribution is 5.81. The lowest BCUT2D eigenvalue weighted by Crippen LogP contribution is -2.39. The molecule has 120 valence electrons. The number of hydrogen-bond donors (Lipinski definition) is 0. The molecule has 4 nitrogen and oxygen atoms in total. The number of rotatable bonds is 5. The minimum absolute atomic E-state index is 0.381. The second-order valence-electron chi connectivity index (χ2n) is 7.52. The Morgan fingerprint density at radius 3 is 2.55 bits per heavy atom. The molecule has 0 atom stereocenters. The van der Waals surface area contributed by atoms with Gasteiger partial charge in [0, 0.05) is 43.4 Å². The van der Waals surface area contributed by atoms with E-state index in [1.54, 1.807) is 0 Å². The van der Waals surface area contributed by atoms with Gasteiger partial charge in [0.1, 0.15) is 5.82 Å². The summed E-state index contributed by atoms with van der Waals surface area (Å²) in [4.78, 5) is 18.8. The van der Waals surface area contributed by atoms with Gasteiger partial charge in [-0.25, -0.2) is 4.98 Å². The highest BCUT2D eigenvalue weighted by atomic mass is 16.2. The zero-order chi connectivity index (χ0) is 15.1. The molecular weight excluding hydrogens is 274 g/mol. The fourth-order valence-electron chi connectivity index (χ4n) is 3.78. The average Bonchev–Trinajstić information content (AvgIpc) is 3.44. The van der Waals surface area contributed by atoms with E-state index in [4.69, 9.17) is 0 Å². The molecule has 2 saturated carbocycles. The van der Waals surface area contributed by atoms with Gasteiger partial charge in [-0.3, -0.25) is 4.79 Å². The van der Waals surface area contributed by atoms with Crippen molar-refractivity contribution in [1.29, 1.82) is 0 Å². The number of aryl methyl sites for hydroxylation is 1. The summed E-state index contributed by atoms with van der Waals surface area (Å²) in [6.07, 6.45) is 10.5. The lowest BCUT2D eigenvalue weighted by molar-refractivity contribution is -0.133. The summed E-state index contributed by atoms with van der Waals surface area (Å²) in [6, 6.07) is 0. The van der Waals surface area contributed by atoms with Crippen LogP contribution in [-0.2, 0) is 11.3 Å². The number of hydrogen-bond acceptors (Lipinski definition) is 2. The van der Waals surface area contributed by atoms with Crippen molar-refractivity contribution in [2.24, 2.45) is 11.8 Å². The van der Waals surface area contributed by atoms with Crippen LogP contribution in [0.2, 0.25) is 0 Å². The lowest BCUT2D eigenvalue weighted by Gasteiger charge is -2.32. The Bertz CT molecular complexity index is 549. The molecule has 4 heteroatoms. The molecular formula is C18H27N3O. The molecule has 3 aliphatic rings. The molecule has 3 fully saturated rings. The molecule has 1 aliphatic heterocycles. The third kappa shape index (κ3) is 2.92. The Kier molecular flexibility index (Phi) is 3.71. The van der Waals surface area contributed by atoms with Crippen molar-refractivity contribution in [3.05, 3.63) is 17.7 Å². The predicted molar refractivity (Wildman–Crippen MR) is 85.6 cm³/mol. The molecule has 1 saturated heterocycles. The van der Waals surface area contributed by atoms with Crippen molar-refractivity contribution >= 4 is 5.91 Å². The summed E-state index contributed by atoms with van der Waals surface area (Å²) < 4.78 is 2.44. The number of nitrogens with zero attached hydrogens (tertiary/aromatic N) is 3. The first-order valence-corrected chi connectivity index (χ1v) is 9.03. The van der Waals surface area contributed by atoms with E-state index in [0.29, 0.717) is 11.8 Å². The summed E-state index contributed by atoms with van der Waals surface area (Å²) in [5.74, 6) is 3.63. The third-order valence-corrected chi connectivity index (χ3v) is 5.64. The average molecular weight is 301 g/mol. The molecule has 0 spiro atoms. The summed E-state index contributed by atoms with van der Waals surface area (Å²) in [5, 5.41) is 0. The highest BCUT2D eigenvalue weighted by Crippen LogP contribution is 2.40. The van der Waals surface area contributed by atoms with Crippen LogP contribution in [0.15, 0.2) is 6.20 Å². The van der Waals surface area contributed by atoms with Crippen LogP contribution >= 0.6 is 0 Å². The molecule has 4 rings (SSSR count). The van der Waals surface area contributed by atoms with Gasteiger partial charge in [-0.1, -0.05) is 0 Å². The van der Waals surface area contributed by atoms with Crippen molar-refractivity contribution in [3.8, 4) is 0 Å². The topological polar surface area (TPSA) is 38.1 Å². The van der Waals surface area contributed by atoms with Crippen molar-refractivity contribution < 1.29 is 4.79 Å². The molecule has 2 heterocycles. The van der Waals surface area contributed by atoms with Gasteiger partial charge in [0.25, 0.3) is 0 Å². The van der Waals surface area contributed by atoms with E-state index in [1.165, 1.54) is 43.6 Å². The second-order valence-corrected chi connectivity index (χ2v) is 7.52. The summed E-state index contributed by atoms with van der Waals surface area (Å²) in [7, 11) is 0. The van der Waals surface area contributed by atoms with Crippen LogP contribution in [0.4, 0.5) is 0 Å². The Balaban J connectivity index is 1.28. The number of carbonyl (C=O) groups is 1. The van der Waals surface area contributed by atoms with Crippen LogP contribution < -0.4 is 0 Å². The molecule has 0 unspecified atom stereocenters. The van der Waals surface area contributed by atoms with Crippen LogP contribution in [0.25, 0.3) is 0 Å².